The summed E-state index contributed by atoms with van der Waals surface area (Å²) in [6, 6.07) is 12.2. The highest BCUT2D eigenvalue weighted by molar-refractivity contribution is 5.96. The molecule has 1 saturated heterocycles. The van der Waals surface area contributed by atoms with Crippen LogP contribution >= 0.6 is 0 Å². The van der Waals surface area contributed by atoms with E-state index in [9.17, 15) is 13.6 Å². The summed E-state index contributed by atoms with van der Waals surface area (Å²) in [5.41, 5.74) is 1.64. The summed E-state index contributed by atoms with van der Waals surface area (Å²) < 4.78 is 39.6. The zero-order valence-electron chi connectivity index (χ0n) is 16.3. The Morgan fingerprint density at radius 3 is 2.40 bits per heavy atom. The molecule has 0 atom stereocenters. The number of hydrogen-bond acceptors (Lipinski definition) is 4. The minimum Gasteiger partial charge on any atom is -0.471 e. The van der Waals surface area contributed by atoms with Gasteiger partial charge in [-0.1, -0.05) is 24.3 Å². The molecule has 30 heavy (non-hydrogen) atoms. The molecule has 1 aliphatic rings. The zero-order chi connectivity index (χ0) is 20.9. The number of halogens is 2. The number of ether oxygens (including phenoxy) is 2. The van der Waals surface area contributed by atoms with Crippen LogP contribution in [0.2, 0.25) is 0 Å². The van der Waals surface area contributed by atoms with Crippen molar-refractivity contribution in [3.8, 4) is 5.88 Å². The van der Waals surface area contributed by atoms with Crippen molar-refractivity contribution >= 4 is 5.91 Å². The first-order valence-electron chi connectivity index (χ1n) is 9.64. The standard InChI is InChI=1S/C22H21F2N3O3/c23-18-5-1-3-16(11-18)13-27-14-20(22(28)26-7-9-29-10-8-26)21(25-27)30-15-17-4-2-6-19(24)12-17/h1-6,11-12,14H,7-10,13,15H2. The molecule has 0 bridgehead atoms. The first-order chi connectivity index (χ1) is 14.6. The van der Waals surface area contributed by atoms with Crippen LogP contribution < -0.4 is 4.74 Å². The van der Waals surface area contributed by atoms with Crippen LogP contribution in [0.5, 0.6) is 5.88 Å². The summed E-state index contributed by atoms with van der Waals surface area (Å²) in [7, 11) is 0. The second-order valence-electron chi connectivity index (χ2n) is 7.00. The molecular weight excluding hydrogens is 392 g/mol. The van der Waals surface area contributed by atoms with Crippen molar-refractivity contribution in [2.45, 2.75) is 13.2 Å². The molecule has 0 spiro atoms. The van der Waals surface area contributed by atoms with Crippen LogP contribution in [0.4, 0.5) is 8.78 Å². The highest BCUT2D eigenvalue weighted by Crippen LogP contribution is 2.21. The molecule has 1 amide bonds. The second-order valence-corrected chi connectivity index (χ2v) is 7.00. The van der Waals surface area contributed by atoms with Crippen LogP contribution in [-0.4, -0.2) is 46.9 Å². The molecule has 6 nitrogen and oxygen atoms in total. The summed E-state index contributed by atoms with van der Waals surface area (Å²) in [5.74, 6) is -0.755. The second kappa shape index (κ2) is 9.04. The Bertz CT molecular complexity index is 1030. The third-order valence-electron chi connectivity index (χ3n) is 4.75. The average Bonchev–Trinajstić information content (AvgIpc) is 3.15. The number of carbonyl (C=O) groups excluding carboxylic acids is 1. The van der Waals surface area contributed by atoms with Crippen molar-refractivity contribution in [2.24, 2.45) is 0 Å². The predicted molar refractivity (Wildman–Crippen MR) is 105 cm³/mol. The molecule has 0 N–H and O–H groups in total. The van der Waals surface area contributed by atoms with Crippen LogP contribution in [-0.2, 0) is 17.9 Å². The normalized spacial score (nSPS) is 14.0. The summed E-state index contributed by atoms with van der Waals surface area (Å²) in [5, 5.41) is 4.39. The van der Waals surface area contributed by atoms with E-state index in [1.54, 1.807) is 40.0 Å². The highest BCUT2D eigenvalue weighted by Gasteiger charge is 2.25. The van der Waals surface area contributed by atoms with Crippen LogP contribution in [0, 0.1) is 11.6 Å². The topological polar surface area (TPSA) is 56.6 Å². The molecule has 2 heterocycles. The van der Waals surface area contributed by atoms with Crippen molar-refractivity contribution in [1.29, 1.82) is 0 Å². The van der Waals surface area contributed by atoms with Gasteiger partial charge in [0.25, 0.3) is 5.91 Å². The van der Waals surface area contributed by atoms with Crippen LogP contribution in [0.25, 0.3) is 0 Å². The third-order valence-corrected chi connectivity index (χ3v) is 4.75. The van der Waals surface area contributed by atoms with Crippen molar-refractivity contribution in [3.63, 3.8) is 0 Å². The van der Waals surface area contributed by atoms with Gasteiger partial charge in [0.15, 0.2) is 0 Å². The van der Waals surface area contributed by atoms with E-state index < -0.39 is 0 Å². The molecule has 4 rings (SSSR count). The molecule has 0 unspecified atom stereocenters. The summed E-state index contributed by atoms with van der Waals surface area (Å²) in [6.45, 7) is 2.27. The lowest BCUT2D eigenvalue weighted by Gasteiger charge is -2.26. The molecule has 0 radical (unpaired) electrons. The number of amides is 1. The first kappa shape index (κ1) is 20.0. The lowest BCUT2D eigenvalue weighted by molar-refractivity contribution is 0.0300. The fourth-order valence-corrected chi connectivity index (χ4v) is 3.28. The van der Waals surface area contributed by atoms with Gasteiger partial charge in [0, 0.05) is 19.3 Å². The largest absolute Gasteiger partial charge is 0.471 e. The summed E-state index contributed by atoms with van der Waals surface area (Å²) in [6.07, 6.45) is 1.60. The number of nitrogens with zero attached hydrogens (tertiary/aromatic N) is 3. The van der Waals surface area contributed by atoms with Crippen LogP contribution in [0.1, 0.15) is 21.5 Å². The minimum atomic E-state index is -0.364. The van der Waals surface area contributed by atoms with Gasteiger partial charge in [0.05, 0.1) is 19.8 Å². The van der Waals surface area contributed by atoms with E-state index in [1.807, 2.05) is 0 Å². The predicted octanol–water partition coefficient (Wildman–Crippen LogP) is 3.26. The maximum Gasteiger partial charge on any atom is 0.261 e. The van der Waals surface area contributed by atoms with Crippen molar-refractivity contribution < 1.29 is 23.0 Å². The quantitative estimate of drug-likeness (QED) is 0.623. The monoisotopic (exact) mass is 413 g/mol. The average molecular weight is 413 g/mol. The fourth-order valence-electron chi connectivity index (χ4n) is 3.28. The van der Waals surface area contributed by atoms with E-state index in [0.29, 0.717) is 43.0 Å². The van der Waals surface area contributed by atoms with E-state index in [1.165, 1.54) is 24.3 Å². The molecular formula is C22H21F2N3O3. The van der Waals surface area contributed by atoms with E-state index in [0.717, 1.165) is 0 Å². The minimum absolute atomic E-state index is 0.0676. The smallest absolute Gasteiger partial charge is 0.261 e. The van der Waals surface area contributed by atoms with E-state index >= 15 is 0 Å². The Kier molecular flexibility index (Phi) is 6.04. The molecule has 0 saturated carbocycles. The zero-order valence-corrected chi connectivity index (χ0v) is 16.3. The van der Waals surface area contributed by atoms with Gasteiger partial charge in [-0.15, -0.1) is 5.10 Å². The molecule has 3 aromatic rings. The maximum atomic E-state index is 13.5. The lowest BCUT2D eigenvalue weighted by atomic mass is 10.2. The van der Waals surface area contributed by atoms with E-state index in [-0.39, 0.29) is 36.6 Å². The van der Waals surface area contributed by atoms with Gasteiger partial charge in [-0.25, -0.2) is 8.78 Å². The Labute approximate surface area is 172 Å². The van der Waals surface area contributed by atoms with Gasteiger partial charge in [-0.3, -0.25) is 9.48 Å². The number of aromatic nitrogens is 2. The molecule has 8 heteroatoms. The van der Waals surface area contributed by atoms with Gasteiger partial charge in [-0.05, 0) is 35.4 Å². The van der Waals surface area contributed by atoms with Crippen LogP contribution in [0.15, 0.2) is 54.7 Å². The number of morpholine rings is 1. The molecule has 2 aromatic carbocycles. The first-order valence-corrected chi connectivity index (χ1v) is 9.64. The Morgan fingerprint density at radius 2 is 1.70 bits per heavy atom. The highest BCUT2D eigenvalue weighted by atomic mass is 19.1. The number of carbonyl (C=O) groups is 1. The molecule has 1 fully saturated rings. The number of rotatable bonds is 6. The summed E-state index contributed by atoms with van der Waals surface area (Å²) in [4.78, 5) is 14.7. The van der Waals surface area contributed by atoms with Gasteiger partial charge in [-0.2, -0.15) is 0 Å². The third kappa shape index (κ3) is 4.83. The maximum absolute atomic E-state index is 13.5. The number of benzene rings is 2. The lowest BCUT2D eigenvalue weighted by Crippen LogP contribution is -2.40. The van der Waals surface area contributed by atoms with Gasteiger partial charge < -0.3 is 14.4 Å². The summed E-state index contributed by atoms with van der Waals surface area (Å²) >= 11 is 0. The van der Waals surface area contributed by atoms with Crippen LogP contribution in [0.3, 0.4) is 0 Å². The van der Waals surface area contributed by atoms with Gasteiger partial charge >= 0.3 is 0 Å². The van der Waals surface area contributed by atoms with Crippen molar-refractivity contribution in [2.75, 3.05) is 26.3 Å². The molecule has 1 aliphatic heterocycles. The SMILES string of the molecule is O=C(c1cn(Cc2cccc(F)c2)nc1OCc1cccc(F)c1)N1CCOCC1. The number of hydrogen-bond donors (Lipinski definition) is 0. The van der Waals surface area contributed by atoms with Crippen molar-refractivity contribution in [3.05, 3.63) is 83.1 Å². The molecule has 0 aliphatic carbocycles. The van der Waals surface area contributed by atoms with Gasteiger partial charge in [0.2, 0.25) is 5.88 Å². The molecule has 156 valence electrons. The van der Waals surface area contributed by atoms with E-state index in [4.69, 9.17) is 9.47 Å². The van der Waals surface area contributed by atoms with E-state index in [2.05, 4.69) is 5.10 Å². The Balaban J connectivity index is 1.58. The molecule has 1 aromatic heterocycles. The Morgan fingerprint density at radius 1 is 1.03 bits per heavy atom. The Hall–Kier alpha value is -3.26. The van der Waals surface area contributed by atoms with Crippen molar-refractivity contribution in [1.82, 2.24) is 14.7 Å². The fraction of sp³-hybridized carbons (Fsp3) is 0.273. The van der Waals surface area contributed by atoms with Gasteiger partial charge in [0.1, 0.15) is 23.8 Å².